The quantitative estimate of drug-likeness (QED) is 0.640. The van der Waals surface area contributed by atoms with Crippen molar-refractivity contribution in [2.45, 2.75) is 50.4 Å². The number of carbonyl (C=O) groups is 2. The molecule has 4 rings (SSSR count). The van der Waals surface area contributed by atoms with Crippen LogP contribution in [0.3, 0.4) is 0 Å². The second kappa shape index (κ2) is 10.6. The van der Waals surface area contributed by atoms with Crippen LogP contribution >= 0.6 is 0 Å². The highest BCUT2D eigenvalue weighted by atomic mass is 19.4. The van der Waals surface area contributed by atoms with Gasteiger partial charge in [-0.05, 0) is 56.4 Å². The summed E-state index contributed by atoms with van der Waals surface area (Å²) in [7, 11) is 0. The van der Waals surface area contributed by atoms with E-state index in [2.05, 4.69) is 15.3 Å². The Balaban J connectivity index is 1.38. The maximum Gasteiger partial charge on any atom is 0.391 e. The van der Waals surface area contributed by atoms with Crippen LogP contribution in [0.25, 0.3) is 0 Å². The van der Waals surface area contributed by atoms with Crippen molar-refractivity contribution in [3.63, 3.8) is 0 Å². The van der Waals surface area contributed by atoms with Gasteiger partial charge < -0.3 is 20.1 Å². The van der Waals surface area contributed by atoms with Crippen LogP contribution in [0.15, 0.2) is 42.7 Å². The number of anilines is 1. The third-order valence-electron chi connectivity index (χ3n) is 6.54. The topological polar surface area (TPSA) is 105 Å². The molecule has 2 aromatic rings. The van der Waals surface area contributed by atoms with Crippen LogP contribution < -0.4 is 10.1 Å². The van der Waals surface area contributed by atoms with Gasteiger partial charge in [0.15, 0.2) is 11.4 Å². The summed E-state index contributed by atoms with van der Waals surface area (Å²) in [4.78, 5) is 35.4. The molecule has 1 aliphatic carbocycles. The van der Waals surface area contributed by atoms with Gasteiger partial charge in [-0.15, -0.1) is 0 Å². The summed E-state index contributed by atoms with van der Waals surface area (Å²) in [6.07, 6.45) is -1.51. The van der Waals surface area contributed by atoms with E-state index < -0.39 is 36.1 Å². The molecular weight excluding hydrogens is 465 g/mol. The molecule has 2 amide bonds. The smallest absolute Gasteiger partial charge is 0.391 e. The molecule has 35 heavy (non-hydrogen) atoms. The van der Waals surface area contributed by atoms with Crippen LogP contribution in [0.2, 0.25) is 0 Å². The molecule has 0 unspecified atom stereocenters. The average molecular weight is 492 g/mol. The highest BCUT2D eigenvalue weighted by Gasteiger charge is 2.44. The summed E-state index contributed by atoms with van der Waals surface area (Å²) in [5.41, 5.74) is 0.0417. The maximum atomic E-state index is 13.1. The van der Waals surface area contributed by atoms with E-state index >= 15 is 0 Å². The Morgan fingerprint density at radius 1 is 1.09 bits per heavy atom. The van der Waals surface area contributed by atoms with Gasteiger partial charge in [-0.25, -0.2) is 9.97 Å². The number of aliphatic hydroxyl groups excluding tert-OH is 1. The zero-order chi connectivity index (χ0) is 25.0. The first-order chi connectivity index (χ1) is 16.7. The van der Waals surface area contributed by atoms with E-state index in [1.807, 2.05) is 0 Å². The average Bonchev–Trinajstić information content (AvgIpc) is 3.23. The van der Waals surface area contributed by atoms with E-state index in [-0.39, 0.29) is 62.6 Å². The number of halogens is 3. The number of alkyl halides is 3. The number of hydrogen-bond donors (Lipinski definition) is 2. The summed E-state index contributed by atoms with van der Waals surface area (Å²) in [6.45, 7) is 0.113. The Kier molecular flexibility index (Phi) is 7.54. The van der Waals surface area contributed by atoms with Crippen LogP contribution in [0, 0.1) is 11.8 Å². The van der Waals surface area contributed by atoms with Crippen molar-refractivity contribution in [1.82, 2.24) is 14.9 Å². The first kappa shape index (κ1) is 24.9. The molecule has 1 aliphatic heterocycles. The van der Waals surface area contributed by atoms with Gasteiger partial charge in [0.05, 0.1) is 18.1 Å². The number of ether oxygens (including phenoxy) is 1. The second-order valence-corrected chi connectivity index (χ2v) is 8.95. The first-order valence-electron chi connectivity index (χ1n) is 11.6. The van der Waals surface area contributed by atoms with E-state index in [0.29, 0.717) is 5.82 Å². The van der Waals surface area contributed by atoms with Crippen molar-refractivity contribution in [3.05, 3.63) is 48.4 Å². The molecule has 8 nitrogen and oxygen atoms in total. The molecule has 11 heteroatoms. The maximum absolute atomic E-state index is 13.1. The number of likely N-dealkylation sites (tertiary alicyclic amines) is 1. The molecule has 2 aromatic heterocycles. The SMILES string of the molecule is O=C(Nc1ccccn1)c1ncccc1OC[C@H]1C[C@@H](O)CN1C(=O)[C@H]1CC[C@H](C(F)(F)F)CC1. The number of pyridine rings is 2. The number of nitrogens with zero attached hydrogens (tertiary/aromatic N) is 3. The minimum Gasteiger partial charge on any atom is -0.489 e. The number of carbonyl (C=O) groups excluding carboxylic acids is 2. The first-order valence-corrected chi connectivity index (χ1v) is 11.6. The minimum absolute atomic E-state index is 0.0102. The standard InChI is InChI=1S/C24H27F3N4O4/c25-24(26,27)16-8-6-15(7-9-16)23(34)31-13-18(32)12-17(31)14-35-19-4-3-11-29-21(19)22(33)30-20-5-1-2-10-28-20/h1-5,10-11,15-18,32H,6-9,12-14H2,(H,28,30,33)/t15-,16-,17-,18-/m1/s1. The fraction of sp³-hybridized carbons (Fsp3) is 0.500. The van der Waals surface area contributed by atoms with E-state index in [0.717, 1.165) is 0 Å². The van der Waals surface area contributed by atoms with Crippen molar-refractivity contribution >= 4 is 17.6 Å². The predicted octanol–water partition coefficient (Wildman–Crippen LogP) is 3.44. The molecule has 0 bridgehead atoms. The number of aliphatic hydroxyl groups is 1. The Labute approximate surface area is 200 Å². The molecule has 3 heterocycles. The van der Waals surface area contributed by atoms with Gasteiger partial charge in [-0.2, -0.15) is 13.2 Å². The fourth-order valence-electron chi connectivity index (χ4n) is 4.70. The molecule has 0 spiro atoms. The van der Waals surface area contributed by atoms with Crippen LogP contribution in [-0.2, 0) is 4.79 Å². The van der Waals surface area contributed by atoms with Crippen LogP contribution in [0.4, 0.5) is 19.0 Å². The molecular formula is C24H27F3N4O4. The van der Waals surface area contributed by atoms with E-state index in [4.69, 9.17) is 4.74 Å². The summed E-state index contributed by atoms with van der Waals surface area (Å²) in [5.74, 6) is -2.07. The van der Waals surface area contributed by atoms with Crippen LogP contribution in [0.5, 0.6) is 5.75 Å². The highest BCUT2D eigenvalue weighted by molar-refractivity contribution is 6.04. The number of nitrogens with one attached hydrogen (secondary N) is 1. The number of rotatable bonds is 6. The lowest BCUT2D eigenvalue weighted by Crippen LogP contribution is -2.44. The third-order valence-corrected chi connectivity index (χ3v) is 6.54. The van der Waals surface area contributed by atoms with Crippen molar-refractivity contribution in [1.29, 1.82) is 0 Å². The van der Waals surface area contributed by atoms with Gasteiger partial charge in [0.1, 0.15) is 12.4 Å². The number of hydrogen-bond acceptors (Lipinski definition) is 6. The van der Waals surface area contributed by atoms with Gasteiger partial charge in [-0.3, -0.25) is 9.59 Å². The van der Waals surface area contributed by atoms with Crippen molar-refractivity contribution < 1.29 is 32.6 Å². The van der Waals surface area contributed by atoms with Gasteiger partial charge in [0, 0.05) is 24.9 Å². The largest absolute Gasteiger partial charge is 0.489 e. The Hall–Kier alpha value is -3.21. The predicted molar refractivity (Wildman–Crippen MR) is 120 cm³/mol. The summed E-state index contributed by atoms with van der Waals surface area (Å²) in [6, 6.07) is 7.80. The fourth-order valence-corrected chi connectivity index (χ4v) is 4.70. The van der Waals surface area contributed by atoms with Gasteiger partial charge in [-0.1, -0.05) is 6.07 Å². The molecule has 0 radical (unpaired) electrons. The molecule has 1 saturated heterocycles. The molecule has 2 atom stereocenters. The molecule has 188 valence electrons. The summed E-state index contributed by atoms with van der Waals surface area (Å²) >= 11 is 0. The molecule has 1 saturated carbocycles. The van der Waals surface area contributed by atoms with Crippen molar-refractivity contribution in [3.8, 4) is 5.75 Å². The van der Waals surface area contributed by atoms with Crippen molar-refractivity contribution in [2.24, 2.45) is 11.8 Å². The lowest BCUT2D eigenvalue weighted by molar-refractivity contribution is -0.185. The van der Waals surface area contributed by atoms with E-state index in [9.17, 15) is 27.9 Å². The summed E-state index contributed by atoms with van der Waals surface area (Å²) in [5, 5.41) is 12.8. The summed E-state index contributed by atoms with van der Waals surface area (Å²) < 4.78 is 44.8. The van der Waals surface area contributed by atoms with Gasteiger partial charge >= 0.3 is 6.18 Å². The second-order valence-electron chi connectivity index (χ2n) is 8.95. The number of aromatic nitrogens is 2. The van der Waals surface area contributed by atoms with E-state index in [1.165, 1.54) is 17.3 Å². The zero-order valence-corrected chi connectivity index (χ0v) is 18.9. The number of β-amino-alcohol motifs (C(OH)–C–C–N with tert-alkyl or cyclic N) is 1. The molecule has 0 aromatic carbocycles. The van der Waals surface area contributed by atoms with Gasteiger partial charge in [0.2, 0.25) is 5.91 Å². The molecule has 2 fully saturated rings. The minimum atomic E-state index is -4.24. The monoisotopic (exact) mass is 492 g/mol. The molecule has 2 aliphatic rings. The van der Waals surface area contributed by atoms with Crippen LogP contribution in [-0.4, -0.2) is 63.3 Å². The van der Waals surface area contributed by atoms with Crippen LogP contribution in [0.1, 0.15) is 42.6 Å². The number of amides is 2. The third kappa shape index (κ3) is 6.08. The Bertz CT molecular complexity index is 1030. The zero-order valence-electron chi connectivity index (χ0n) is 18.9. The molecule has 2 N–H and O–H groups in total. The Morgan fingerprint density at radius 2 is 1.83 bits per heavy atom. The van der Waals surface area contributed by atoms with Crippen molar-refractivity contribution in [2.75, 3.05) is 18.5 Å². The van der Waals surface area contributed by atoms with E-state index in [1.54, 1.807) is 30.3 Å². The Morgan fingerprint density at radius 3 is 2.51 bits per heavy atom. The normalized spacial score (nSPS) is 24.7. The lowest BCUT2D eigenvalue weighted by Gasteiger charge is -2.33. The van der Waals surface area contributed by atoms with Gasteiger partial charge in [0.25, 0.3) is 5.91 Å². The lowest BCUT2D eigenvalue weighted by atomic mass is 9.81. The highest BCUT2D eigenvalue weighted by Crippen LogP contribution is 2.40.